The average molecular weight is 289 g/mol. The summed E-state index contributed by atoms with van der Waals surface area (Å²) in [5.74, 6) is 1.61. The van der Waals surface area contributed by atoms with Crippen molar-refractivity contribution in [2.24, 2.45) is 0 Å². The Labute approximate surface area is 121 Å². The van der Waals surface area contributed by atoms with E-state index in [-0.39, 0.29) is 18.4 Å². The van der Waals surface area contributed by atoms with Crippen molar-refractivity contribution in [3.05, 3.63) is 41.6 Å². The van der Waals surface area contributed by atoms with Crippen molar-refractivity contribution in [1.82, 2.24) is 15.6 Å². The molecule has 0 spiro atoms. The zero-order chi connectivity index (χ0) is 14.7. The predicted molar refractivity (Wildman–Crippen MR) is 73.0 cm³/mol. The molecule has 1 aliphatic heterocycles. The van der Waals surface area contributed by atoms with Crippen LogP contribution in [0.15, 0.2) is 28.9 Å². The van der Waals surface area contributed by atoms with Crippen LogP contribution in [0.2, 0.25) is 0 Å². The summed E-state index contributed by atoms with van der Waals surface area (Å²) < 4.78 is 15.7. The number of ether oxygens (including phenoxy) is 2. The fourth-order valence-corrected chi connectivity index (χ4v) is 1.97. The SMILES string of the molecule is CNCc1nc(C(=O)NCc2ccc3c(c2)OCO3)co1. The summed E-state index contributed by atoms with van der Waals surface area (Å²) in [6.45, 7) is 1.09. The van der Waals surface area contributed by atoms with Crippen LogP contribution in [0.5, 0.6) is 11.5 Å². The van der Waals surface area contributed by atoms with E-state index in [1.807, 2.05) is 18.2 Å². The van der Waals surface area contributed by atoms with Crippen LogP contribution < -0.4 is 20.1 Å². The molecule has 0 bridgehead atoms. The monoisotopic (exact) mass is 289 g/mol. The Balaban J connectivity index is 1.60. The number of hydrogen-bond donors (Lipinski definition) is 2. The fourth-order valence-electron chi connectivity index (χ4n) is 1.97. The molecule has 0 unspecified atom stereocenters. The molecule has 7 heteroatoms. The Morgan fingerprint density at radius 1 is 1.29 bits per heavy atom. The van der Waals surface area contributed by atoms with Gasteiger partial charge in [-0.3, -0.25) is 4.79 Å². The maximum absolute atomic E-state index is 12.0. The summed E-state index contributed by atoms with van der Waals surface area (Å²) in [6, 6.07) is 5.55. The zero-order valence-electron chi connectivity index (χ0n) is 11.5. The number of amides is 1. The van der Waals surface area contributed by atoms with Crippen molar-refractivity contribution < 1.29 is 18.7 Å². The summed E-state index contributed by atoms with van der Waals surface area (Å²) >= 11 is 0. The van der Waals surface area contributed by atoms with E-state index in [4.69, 9.17) is 13.9 Å². The molecule has 21 heavy (non-hydrogen) atoms. The molecule has 0 radical (unpaired) electrons. The lowest BCUT2D eigenvalue weighted by atomic mass is 10.2. The molecule has 7 nitrogen and oxygen atoms in total. The first-order chi connectivity index (χ1) is 10.3. The highest BCUT2D eigenvalue weighted by molar-refractivity contribution is 5.91. The Hall–Kier alpha value is -2.54. The van der Waals surface area contributed by atoms with E-state index >= 15 is 0 Å². The van der Waals surface area contributed by atoms with Crippen molar-refractivity contribution in [3.8, 4) is 11.5 Å². The predicted octanol–water partition coefficient (Wildman–Crippen LogP) is 1.05. The van der Waals surface area contributed by atoms with E-state index in [0.29, 0.717) is 24.7 Å². The van der Waals surface area contributed by atoms with E-state index in [1.165, 1.54) is 6.26 Å². The summed E-state index contributed by atoms with van der Waals surface area (Å²) in [5.41, 5.74) is 1.19. The third kappa shape index (κ3) is 2.97. The molecule has 2 aromatic rings. The van der Waals surface area contributed by atoms with Crippen molar-refractivity contribution in [1.29, 1.82) is 0 Å². The van der Waals surface area contributed by atoms with E-state index in [2.05, 4.69) is 15.6 Å². The number of carbonyl (C=O) groups excluding carboxylic acids is 1. The quantitative estimate of drug-likeness (QED) is 0.856. The molecular formula is C14H15N3O4. The van der Waals surface area contributed by atoms with Gasteiger partial charge in [-0.05, 0) is 24.7 Å². The number of aromatic nitrogens is 1. The molecule has 1 aromatic heterocycles. The standard InChI is InChI=1S/C14H15N3O4/c1-15-6-13-17-10(7-19-13)14(18)16-5-9-2-3-11-12(4-9)21-8-20-11/h2-4,7,15H,5-6,8H2,1H3,(H,16,18). The van der Waals surface area contributed by atoms with Gasteiger partial charge in [0.15, 0.2) is 17.2 Å². The Morgan fingerprint density at radius 3 is 3.00 bits per heavy atom. The van der Waals surface area contributed by atoms with E-state index < -0.39 is 0 Å². The first-order valence-corrected chi connectivity index (χ1v) is 6.52. The van der Waals surface area contributed by atoms with Crippen molar-refractivity contribution in [2.45, 2.75) is 13.1 Å². The summed E-state index contributed by atoms with van der Waals surface area (Å²) in [6.07, 6.45) is 1.35. The molecule has 0 aliphatic carbocycles. The van der Waals surface area contributed by atoms with Gasteiger partial charge in [-0.15, -0.1) is 0 Å². The molecule has 110 valence electrons. The van der Waals surface area contributed by atoms with E-state index in [1.54, 1.807) is 7.05 Å². The average Bonchev–Trinajstić information content (AvgIpc) is 3.13. The van der Waals surface area contributed by atoms with Gasteiger partial charge in [-0.1, -0.05) is 6.07 Å². The van der Waals surface area contributed by atoms with Gasteiger partial charge in [-0.25, -0.2) is 4.98 Å². The summed E-state index contributed by atoms with van der Waals surface area (Å²) in [7, 11) is 1.78. The molecule has 1 aliphatic rings. The number of rotatable bonds is 5. The maximum Gasteiger partial charge on any atom is 0.273 e. The van der Waals surface area contributed by atoms with Gasteiger partial charge in [0.1, 0.15) is 6.26 Å². The highest BCUT2D eigenvalue weighted by atomic mass is 16.7. The number of nitrogens with zero attached hydrogens (tertiary/aromatic N) is 1. The van der Waals surface area contributed by atoms with Gasteiger partial charge < -0.3 is 24.5 Å². The minimum absolute atomic E-state index is 0.234. The molecule has 0 fully saturated rings. The second kappa shape index (κ2) is 5.84. The van der Waals surface area contributed by atoms with Crippen LogP contribution in [0.3, 0.4) is 0 Å². The second-order valence-corrected chi connectivity index (χ2v) is 4.53. The Morgan fingerprint density at radius 2 is 2.14 bits per heavy atom. The van der Waals surface area contributed by atoms with Crippen molar-refractivity contribution in [3.63, 3.8) is 0 Å². The third-order valence-corrected chi connectivity index (χ3v) is 3.00. The molecule has 1 amide bonds. The van der Waals surface area contributed by atoms with Crippen LogP contribution in [0, 0.1) is 0 Å². The summed E-state index contributed by atoms with van der Waals surface area (Å²) in [4.78, 5) is 16.0. The topological polar surface area (TPSA) is 85.6 Å². The van der Waals surface area contributed by atoms with Crippen LogP contribution in [0.25, 0.3) is 0 Å². The van der Waals surface area contributed by atoms with Crippen molar-refractivity contribution in [2.75, 3.05) is 13.8 Å². The first kappa shape index (κ1) is 13.4. The van der Waals surface area contributed by atoms with Crippen LogP contribution in [0.1, 0.15) is 21.9 Å². The lowest BCUT2D eigenvalue weighted by Gasteiger charge is -2.04. The normalized spacial score (nSPS) is 12.4. The fraction of sp³-hybridized carbons (Fsp3) is 0.286. The largest absolute Gasteiger partial charge is 0.454 e. The minimum Gasteiger partial charge on any atom is -0.454 e. The molecule has 1 aromatic carbocycles. The zero-order valence-corrected chi connectivity index (χ0v) is 11.5. The van der Waals surface area contributed by atoms with Gasteiger partial charge in [0.25, 0.3) is 5.91 Å². The van der Waals surface area contributed by atoms with Gasteiger partial charge >= 0.3 is 0 Å². The third-order valence-electron chi connectivity index (χ3n) is 3.00. The molecule has 0 saturated carbocycles. The van der Waals surface area contributed by atoms with Gasteiger partial charge in [-0.2, -0.15) is 0 Å². The van der Waals surface area contributed by atoms with Gasteiger partial charge in [0, 0.05) is 6.54 Å². The maximum atomic E-state index is 12.0. The molecular weight excluding hydrogens is 274 g/mol. The highest BCUT2D eigenvalue weighted by Crippen LogP contribution is 2.32. The number of oxazole rings is 1. The lowest BCUT2D eigenvalue weighted by Crippen LogP contribution is -2.23. The van der Waals surface area contributed by atoms with Crippen LogP contribution in [0.4, 0.5) is 0 Å². The van der Waals surface area contributed by atoms with E-state index in [0.717, 1.165) is 11.3 Å². The molecule has 0 saturated heterocycles. The van der Waals surface area contributed by atoms with Gasteiger partial charge in [0.2, 0.25) is 12.7 Å². The number of nitrogens with one attached hydrogen (secondary N) is 2. The smallest absolute Gasteiger partial charge is 0.273 e. The molecule has 3 rings (SSSR count). The molecule has 2 N–H and O–H groups in total. The van der Waals surface area contributed by atoms with Crippen LogP contribution in [-0.4, -0.2) is 24.7 Å². The highest BCUT2D eigenvalue weighted by Gasteiger charge is 2.15. The Kier molecular flexibility index (Phi) is 3.74. The van der Waals surface area contributed by atoms with E-state index in [9.17, 15) is 4.79 Å². The van der Waals surface area contributed by atoms with Gasteiger partial charge in [0.05, 0.1) is 6.54 Å². The number of benzene rings is 1. The second-order valence-electron chi connectivity index (χ2n) is 4.53. The lowest BCUT2D eigenvalue weighted by molar-refractivity contribution is 0.0945. The number of hydrogen-bond acceptors (Lipinski definition) is 6. The summed E-state index contributed by atoms with van der Waals surface area (Å²) in [5, 5.41) is 5.69. The molecule has 2 heterocycles. The first-order valence-electron chi connectivity index (χ1n) is 6.52. The Bertz CT molecular complexity index is 653. The van der Waals surface area contributed by atoms with Crippen LogP contribution >= 0.6 is 0 Å². The number of carbonyl (C=O) groups is 1. The molecule has 0 atom stereocenters. The number of fused-ring (bicyclic) bond motifs is 1. The van der Waals surface area contributed by atoms with Crippen molar-refractivity contribution >= 4 is 5.91 Å². The van der Waals surface area contributed by atoms with Crippen LogP contribution in [-0.2, 0) is 13.1 Å². The minimum atomic E-state index is -0.279.